The number of carbonyl (C=O) groups is 3. The Hall–Kier alpha value is -3.79. The predicted molar refractivity (Wildman–Crippen MR) is 138 cm³/mol. The Morgan fingerprint density at radius 2 is 1.74 bits per heavy atom. The summed E-state index contributed by atoms with van der Waals surface area (Å²) < 4.78 is 5.24. The molecule has 0 aliphatic heterocycles. The van der Waals surface area contributed by atoms with Gasteiger partial charge in [0, 0.05) is 17.8 Å². The third kappa shape index (κ3) is 8.18. The fraction of sp³-hybridized carbons (Fsp3) is 0.393. The van der Waals surface area contributed by atoms with E-state index in [0.29, 0.717) is 29.8 Å². The summed E-state index contributed by atoms with van der Waals surface area (Å²) in [5, 5.41) is 5.46. The van der Waals surface area contributed by atoms with E-state index in [2.05, 4.69) is 16.6 Å². The standard InChI is InChI=1S/C28H35N3O4/c1-7-9-18-31(24(32)19-29-27(34)35-28(4,5)6)25(22-16-12-11-15-21(22)8-2)26(33)30-23-17-13-10-14-20(23)3/h2,10-17,25H,7,9,18-19H2,1,3-6H3,(H,29,34)(H,30,33). The van der Waals surface area contributed by atoms with Gasteiger partial charge in [-0.1, -0.05) is 55.7 Å². The Kier molecular flexibility index (Phi) is 9.89. The van der Waals surface area contributed by atoms with E-state index in [9.17, 15) is 14.4 Å². The van der Waals surface area contributed by atoms with Crippen LogP contribution >= 0.6 is 0 Å². The van der Waals surface area contributed by atoms with E-state index in [4.69, 9.17) is 11.2 Å². The van der Waals surface area contributed by atoms with Crippen molar-refractivity contribution < 1.29 is 19.1 Å². The van der Waals surface area contributed by atoms with Crippen LogP contribution in [-0.4, -0.2) is 41.5 Å². The number of alkyl carbamates (subject to hydrolysis) is 1. The van der Waals surface area contributed by atoms with Gasteiger partial charge in [-0.3, -0.25) is 9.59 Å². The number of anilines is 1. The second-order valence-corrected chi connectivity index (χ2v) is 9.23. The van der Waals surface area contributed by atoms with E-state index in [0.717, 1.165) is 12.0 Å². The number of para-hydroxylation sites is 1. The number of ether oxygens (including phenoxy) is 1. The highest BCUT2D eigenvalue weighted by Gasteiger charge is 2.33. The number of rotatable bonds is 9. The topological polar surface area (TPSA) is 87.7 Å². The number of nitrogens with one attached hydrogen (secondary N) is 2. The van der Waals surface area contributed by atoms with Crippen molar-refractivity contribution >= 4 is 23.6 Å². The predicted octanol–water partition coefficient (Wildman–Crippen LogP) is 4.81. The van der Waals surface area contributed by atoms with Crippen molar-refractivity contribution in [3.05, 3.63) is 65.2 Å². The normalized spacial score (nSPS) is 11.7. The zero-order valence-corrected chi connectivity index (χ0v) is 21.2. The minimum Gasteiger partial charge on any atom is -0.444 e. The third-order valence-corrected chi connectivity index (χ3v) is 5.23. The first kappa shape index (κ1) is 27.5. The average molecular weight is 478 g/mol. The Morgan fingerprint density at radius 1 is 1.09 bits per heavy atom. The number of terminal acetylenes is 1. The summed E-state index contributed by atoms with van der Waals surface area (Å²) in [6.07, 6.45) is 6.52. The van der Waals surface area contributed by atoms with E-state index in [1.807, 2.05) is 32.0 Å². The van der Waals surface area contributed by atoms with Crippen LogP contribution in [-0.2, 0) is 14.3 Å². The van der Waals surface area contributed by atoms with Gasteiger partial charge in [0.15, 0.2) is 0 Å². The van der Waals surface area contributed by atoms with E-state index in [1.165, 1.54) is 4.90 Å². The van der Waals surface area contributed by atoms with Gasteiger partial charge in [0.25, 0.3) is 5.91 Å². The van der Waals surface area contributed by atoms with Crippen LogP contribution in [0.25, 0.3) is 0 Å². The molecular weight excluding hydrogens is 442 g/mol. The molecule has 0 heterocycles. The molecule has 186 valence electrons. The van der Waals surface area contributed by atoms with Crippen LogP contribution in [0.4, 0.5) is 10.5 Å². The smallest absolute Gasteiger partial charge is 0.408 e. The number of carbonyl (C=O) groups excluding carboxylic acids is 3. The molecule has 0 aliphatic rings. The lowest BCUT2D eigenvalue weighted by Gasteiger charge is -2.32. The highest BCUT2D eigenvalue weighted by atomic mass is 16.6. The van der Waals surface area contributed by atoms with Gasteiger partial charge in [-0.25, -0.2) is 4.79 Å². The molecule has 35 heavy (non-hydrogen) atoms. The quantitative estimate of drug-likeness (QED) is 0.508. The lowest BCUT2D eigenvalue weighted by Crippen LogP contribution is -2.47. The van der Waals surface area contributed by atoms with E-state index < -0.39 is 23.6 Å². The van der Waals surface area contributed by atoms with Crippen molar-refractivity contribution in [2.75, 3.05) is 18.4 Å². The summed E-state index contributed by atoms with van der Waals surface area (Å²) in [5.74, 6) is 1.82. The molecule has 1 unspecified atom stereocenters. The fourth-order valence-electron chi connectivity index (χ4n) is 3.52. The van der Waals surface area contributed by atoms with E-state index in [-0.39, 0.29) is 12.5 Å². The molecule has 2 aromatic rings. The maximum absolute atomic E-state index is 13.7. The number of amides is 3. The highest BCUT2D eigenvalue weighted by molar-refractivity contribution is 5.99. The number of benzene rings is 2. The van der Waals surface area contributed by atoms with Gasteiger partial charge < -0.3 is 20.3 Å². The van der Waals surface area contributed by atoms with Crippen molar-refractivity contribution in [2.24, 2.45) is 0 Å². The van der Waals surface area contributed by atoms with Gasteiger partial charge >= 0.3 is 6.09 Å². The second-order valence-electron chi connectivity index (χ2n) is 9.23. The zero-order valence-electron chi connectivity index (χ0n) is 21.2. The van der Waals surface area contributed by atoms with Crippen LogP contribution in [0, 0.1) is 19.3 Å². The SMILES string of the molecule is C#Cc1ccccc1C(C(=O)Nc1ccccc1C)N(CCCC)C(=O)CNC(=O)OC(C)(C)C. The fourth-order valence-corrected chi connectivity index (χ4v) is 3.52. The summed E-state index contributed by atoms with van der Waals surface area (Å²) >= 11 is 0. The summed E-state index contributed by atoms with van der Waals surface area (Å²) in [4.78, 5) is 40.7. The lowest BCUT2D eigenvalue weighted by atomic mass is 9.97. The third-order valence-electron chi connectivity index (χ3n) is 5.23. The summed E-state index contributed by atoms with van der Waals surface area (Å²) in [6, 6.07) is 13.5. The second kappa shape index (κ2) is 12.6. The molecule has 0 radical (unpaired) electrons. The molecule has 2 N–H and O–H groups in total. The van der Waals surface area contributed by atoms with Gasteiger partial charge in [-0.2, -0.15) is 0 Å². The highest BCUT2D eigenvalue weighted by Crippen LogP contribution is 2.27. The molecule has 0 spiro atoms. The largest absolute Gasteiger partial charge is 0.444 e. The lowest BCUT2D eigenvalue weighted by molar-refractivity contribution is -0.138. The first-order valence-corrected chi connectivity index (χ1v) is 11.8. The van der Waals surface area contributed by atoms with Crippen LogP contribution in [0.1, 0.15) is 63.3 Å². The minimum absolute atomic E-state index is 0.314. The zero-order chi connectivity index (χ0) is 26.0. The number of aryl methyl sites for hydroxylation is 1. The maximum Gasteiger partial charge on any atom is 0.408 e. The number of hydrogen-bond donors (Lipinski definition) is 2. The molecule has 0 aromatic heterocycles. The Bertz CT molecular complexity index is 1080. The van der Waals surface area contributed by atoms with Gasteiger partial charge in [0.05, 0.1) is 0 Å². The molecule has 3 amide bonds. The van der Waals surface area contributed by atoms with Crippen molar-refractivity contribution in [1.82, 2.24) is 10.2 Å². The monoisotopic (exact) mass is 477 g/mol. The van der Waals surface area contributed by atoms with Crippen molar-refractivity contribution in [1.29, 1.82) is 0 Å². The van der Waals surface area contributed by atoms with Crippen molar-refractivity contribution in [2.45, 2.75) is 59.1 Å². The van der Waals surface area contributed by atoms with Gasteiger partial charge in [0.1, 0.15) is 18.2 Å². The minimum atomic E-state index is -0.985. The van der Waals surface area contributed by atoms with Crippen LogP contribution in [0.2, 0.25) is 0 Å². The maximum atomic E-state index is 13.7. The van der Waals surface area contributed by atoms with Crippen molar-refractivity contribution in [3.63, 3.8) is 0 Å². The molecule has 0 fully saturated rings. The van der Waals surface area contributed by atoms with Gasteiger partial charge in [0.2, 0.25) is 5.91 Å². The van der Waals surface area contributed by atoms with Gasteiger partial charge in [-0.15, -0.1) is 6.42 Å². The van der Waals surface area contributed by atoms with E-state index >= 15 is 0 Å². The van der Waals surface area contributed by atoms with Crippen LogP contribution in [0.3, 0.4) is 0 Å². The Balaban J connectivity index is 2.42. The molecule has 7 heteroatoms. The average Bonchev–Trinajstić information content (AvgIpc) is 2.80. The molecule has 7 nitrogen and oxygen atoms in total. The molecule has 0 aliphatic carbocycles. The number of hydrogen-bond acceptors (Lipinski definition) is 4. The summed E-state index contributed by atoms with van der Waals surface area (Å²) in [5.41, 5.74) is 1.91. The molecule has 0 bridgehead atoms. The summed E-state index contributed by atoms with van der Waals surface area (Å²) in [7, 11) is 0. The first-order chi connectivity index (χ1) is 16.6. The van der Waals surface area contributed by atoms with E-state index in [1.54, 1.807) is 51.1 Å². The Morgan fingerprint density at radius 3 is 2.37 bits per heavy atom. The van der Waals surface area contributed by atoms with Crippen LogP contribution < -0.4 is 10.6 Å². The number of unbranched alkanes of at least 4 members (excludes halogenated alkanes) is 1. The molecular formula is C28H35N3O4. The molecule has 0 saturated carbocycles. The molecule has 2 rings (SSSR count). The molecule has 2 aromatic carbocycles. The van der Waals surface area contributed by atoms with Crippen LogP contribution in [0.5, 0.6) is 0 Å². The Labute approximate surface area is 208 Å². The first-order valence-electron chi connectivity index (χ1n) is 11.8. The van der Waals surface area contributed by atoms with Crippen LogP contribution in [0.15, 0.2) is 48.5 Å². The van der Waals surface area contributed by atoms with Gasteiger partial charge in [-0.05, 0) is 57.4 Å². The molecule has 0 saturated heterocycles. The molecule has 1 atom stereocenters. The summed E-state index contributed by atoms with van der Waals surface area (Å²) in [6.45, 7) is 9.12. The van der Waals surface area contributed by atoms with Crippen molar-refractivity contribution in [3.8, 4) is 12.3 Å². The number of nitrogens with zero attached hydrogens (tertiary/aromatic N) is 1.